The van der Waals surface area contributed by atoms with Gasteiger partial charge in [0.05, 0.1) is 22.4 Å². The molecule has 1 N–H and O–H groups in total. The third-order valence-corrected chi connectivity index (χ3v) is 3.37. The maximum absolute atomic E-state index is 12.0. The number of alkyl halides is 3. The minimum atomic E-state index is -4.28. The number of ether oxygens (including phenoxy) is 1. The van der Waals surface area contributed by atoms with E-state index < -0.39 is 12.8 Å². The lowest BCUT2D eigenvalue weighted by Gasteiger charge is -2.19. The molecule has 1 heterocycles. The molecule has 1 aromatic rings. The van der Waals surface area contributed by atoms with Crippen LogP contribution in [0.3, 0.4) is 0 Å². The van der Waals surface area contributed by atoms with Gasteiger partial charge in [-0.3, -0.25) is 4.68 Å². The summed E-state index contributed by atoms with van der Waals surface area (Å²) in [7, 11) is 1.77. The zero-order chi connectivity index (χ0) is 15.2. The van der Waals surface area contributed by atoms with Crippen molar-refractivity contribution < 1.29 is 17.9 Å². The lowest BCUT2D eigenvalue weighted by molar-refractivity contribution is -0.174. The number of hydrogen-bond acceptors (Lipinski definition) is 3. The summed E-state index contributed by atoms with van der Waals surface area (Å²) < 4.78 is 43.4. The van der Waals surface area contributed by atoms with Crippen LogP contribution in [0.4, 0.5) is 13.2 Å². The van der Waals surface area contributed by atoms with E-state index >= 15 is 0 Å². The Labute approximate surface area is 124 Å². The molecule has 0 aliphatic rings. The van der Waals surface area contributed by atoms with Gasteiger partial charge < -0.3 is 10.1 Å². The van der Waals surface area contributed by atoms with Crippen molar-refractivity contribution in [2.75, 3.05) is 20.3 Å². The van der Waals surface area contributed by atoms with Crippen LogP contribution in [0.1, 0.15) is 31.5 Å². The second-order valence-electron chi connectivity index (χ2n) is 4.40. The molecule has 0 radical (unpaired) electrons. The van der Waals surface area contributed by atoms with E-state index in [0.29, 0.717) is 6.42 Å². The fraction of sp³-hybridized carbons (Fsp3) is 0.750. The second kappa shape index (κ2) is 7.99. The Morgan fingerprint density at radius 1 is 1.50 bits per heavy atom. The molecular weight excluding hydrogens is 339 g/mol. The second-order valence-corrected chi connectivity index (χ2v) is 5.25. The van der Waals surface area contributed by atoms with Gasteiger partial charge >= 0.3 is 6.18 Å². The summed E-state index contributed by atoms with van der Waals surface area (Å²) in [4.78, 5) is 0. The van der Waals surface area contributed by atoms with E-state index in [1.54, 1.807) is 13.2 Å². The Morgan fingerprint density at radius 3 is 2.75 bits per heavy atom. The molecule has 0 fully saturated rings. The summed E-state index contributed by atoms with van der Waals surface area (Å²) in [5, 5.41) is 7.34. The molecular formula is C12H19BrF3N3O. The Balaban J connectivity index is 2.60. The molecule has 0 aliphatic heterocycles. The number of halogens is 4. The Hall–Kier alpha value is -0.600. The molecule has 0 saturated heterocycles. The monoisotopic (exact) mass is 357 g/mol. The van der Waals surface area contributed by atoms with E-state index in [9.17, 15) is 13.2 Å². The maximum Gasteiger partial charge on any atom is 0.411 e. The summed E-state index contributed by atoms with van der Waals surface area (Å²) in [6.07, 6.45) is -1.20. The molecule has 0 amide bonds. The Morgan fingerprint density at radius 2 is 2.20 bits per heavy atom. The average molecular weight is 358 g/mol. The van der Waals surface area contributed by atoms with Crippen LogP contribution < -0.4 is 5.32 Å². The summed E-state index contributed by atoms with van der Waals surface area (Å²) in [5.74, 6) is 0. The minimum Gasteiger partial charge on any atom is -0.372 e. The van der Waals surface area contributed by atoms with Gasteiger partial charge in [-0.25, -0.2) is 0 Å². The lowest BCUT2D eigenvalue weighted by atomic mass is 10.1. The van der Waals surface area contributed by atoms with Gasteiger partial charge in [0, 0.05) is 13.2 Å². The van der Waals surface area contributed by atoms with Crippen LogP contribution in [0.15, 0.2) is 10.7 Å². The number of nitrogens with zero attached hydrogens (tertiary/aromatic N) is 2. The van der Waals surface area contributed by atoms with Crippen LogP contribution in [0, 0.1) is 0 Å². The van der Waals surface area contributed by atoms with Gasteiger partial charge in [0.15, 0.2) is 0 Å². The summed E-state index contributed by atoms with van der Waals surface area (Å²) >= 11 is 3.43. The molecule has 1 atom stereocenters. The van der Waals surface area contributed by atoms with Crippen LogP contribution >= 0.6 is 15.9 Å². The average Bonchev–Trinajstić information content (AvgIpc) is 2.71. The molecule has 1 rings (SSSR count). The first-order chi connectivity index (χ1) is 9.39. The van der Waals surface area contributed by atoms with Gasteiger partial charge in [-0.15, -0.1) is 0 Å². The van der Waals surface area contributed by atoms with E-state index in [0.717, 1.165) is 23.1 Å². The van der Waals surface area contributed by atoms with Crippen LogP contribution in [0.5, 0.6) is 0 Å². The lowest BCUT2D eigenvalue weighted by Crippen LogP contribution is -2.24. The molecule has 116 valence electrons. The van der Waals surface area contributed by atoms with E-state index in [1.807, 2.05) is 11.6 Å². The molecule has 0 aromatic carbocycles. The highest BCUT2D eigenvalue weighted by molar-refractivity contribution is 9.10. The van der Waals surface area contributed by atoms with Crippen molar-refractivity contribution in [3.63, 3.8) is 0 Å². The van der Waals surface area contributed by atoms with Crippen LogP contribution in [-0.2, 0) is 11.3 Å². The van der Waals surface area contributed by atoms with Gasteiger partial charge in [-0.05, 0) is 35.8 Å². The third-order valence-electron chi connectivity index (χ3n) is 2.76. The normalized spacial score (nSPS) is 13.7. The zero-order valence-corrected chi connectivity index (χ0v) is 13.1. The molecule has 0 saturated carbocycles. The largest absolute Gasteiger partial charge is 0.411 e. The molecule has 0 spiro atoms. The summed E-state index contributed by atoms with van der Waals surface area (Å²) in [6.45, 7) is 1.64. The van der Waals surface area contributed by atoms with E-state index in [2.05, 4.69) is 31.1 Å². The number of rotatable bonds is 8. The standard InChI is InChI=1S/C12H19BrF3N3O/c1-3-5-19-11(9(13)7-18-19)10(17-2)4-6-20-8-12(14,15)16/h7,10,17H,3-6,8H2,1-2H3. The van der Waals surface area contributed by atoms with Gasteiger partial charge in [-0.2, -0.15) is 18.3 Å². The number of aryl methyl sites for hydroxylation is 1. The predicted octanol–water partition coefficient (Wildman–Crippen LogP) is 3.29. The fourth-order valence-electron chi connectivity index (χ4n) is 1.92. The quantitative estimate of drug-likeness (QED) is 0.725. The Kier molecular flexibility index (Phi) is 6.97. The SMILES string of the molecule is CCCn1ncc(Br)c1C(CCOCC(F)(F)F)NC. The predicted molar refractivity (Wildman–Crippen MR) is 73.5 cm³/mol. The first-order valence-electron chi connectivity index (χ1n) is 6.42. The van der Waals surface area contributed by atoms with Gasteiger partial charge in [0.2, 0.25) is 0 Å². The molecule has 8 heteroatoms. The van der Waals surface area contributed by atoms with Crippen molar-refractivity contribution in [2.45, 2.75) is 38.5 Å². The maximum atomic E-state index is 12.0. The highest BCUT2D eigenvalue weighted by atomic mass is 79.9. The van der Waals surface area contributed by atoms with Crippen molar-refractivity contribution in [3.8, 4) is 0 Å². The smallest absolute Gasteiger partial charge is 0.372 e. The van der Waals surface area contributed by atoms with Crippen molar-refractivity contribution >= 4 is 15.9 Å². The highest BCUT2D eigenvalue weighted by Crippen LogP contribution is 2.26. The van der Waals surface area contributed by atoms with E-state index in [1.165, 1.54) is 0 Å². The molecule has 0 aliphatic carbocycles. The number of aromatic nitrogens is 2. The highest BCUT2D eigenvalue weighted by Gasteiger charge is 2.27. The first-order valence-corrected chi connectivity index (χ1v) is 7.21. The zero-order valence-electron chi connectivity index (χ0n) is 11.5. The Bertz CT molecular complexity index is 409. The molecule has 4 nitrogen and oxygen atoms in total. The first kappa shape index (κ1) is 17.5. The number of hydrogen-bond donors (Lipinski definition) is 1. The fourth-order valence-corrected chi connectivity index (χ4v) is 2.49. The van der Waals surface area contributed by atoms with E-state index in [-0.39, 0.29) is 12.6 Å². The molecule has 0 bridgehead atoms. The van der Waals surface area contributed by atoms with Gasteiger partial charge in [0.1, 0.15) is 6.61 Å². The minimum absolute atomic E-state index is 0.0365. The van der Waals surface area contributed by atoms with Crippen LogP contribution in [0.25, 0.3) is 0 Å². The van der Waals surface area contributed by atoms with Crippen molar-refractivity contribution in [2.24, 2.45) is 0 Å². The van der Waals surface area contributed by atoms with Crippen molar-refractivity contribution in [1.82, 2.24) is 15.1 Å². The van der Waals surface area contributed by atoms with Crippen molar-refractivity contribution in [1.29, 1.82) is 0 Å². The van der Waals surface area contributed by atoms with E-state index in [4.69, 9.17) is 0 Å². The van der Waals surface area contributed by atoms with Crippen LogP contribution in [0.2, 0.25) is 0 Å². The molecule has 20 heavy (non-hydrogen) atoms. The summed E-state index contributed by atoms with van der Waals surface area (Å²) in [6, 6.07) is -0.105. The topological polar surface area (TPSA) is 39.1 Å². The molecule has 1 unspecified atom stereocenters. The van der Waals surface area contributed by atoms with Gasteiger partial charge in [0.25, 0.3) is 0 Å². The number of nitrogens with one attached hydrogen (secondary N) is 1. The van der Waals surface area contributed by atoms with Crippen molar-refractivity contribution in [3.05, 3.63) is 16.4 Å². The summed E-state index contributed by atoms with van der Waals surface area (Å²) in [5.41, 5.74) is 0.935. The molecule has 1 aromatic heterocycles. The van der Waals surface area contributed by atoms with Crippen LogP contribution in [-0.4, -0.2) is 36.2 Å². The van der Waals surface area contributed by atoms with Gasteiger partial charge in [-0.1, -0.05) is 6.92 Å². The third kappa shape index (κ3) is 5.41.